The van der Waals surface area contributed by atoms with E-state index in [2.05, 4.69) is 9.97 Å². The standard InChI is InChI=1S/C21H23ClN4O2/c1-4-11-26(21(28)14-5-8-16(9-6-14)25(2)3)13-19-23-18-12-15(22)7-10-17(18)20(27)24-19/h5-10,12H,4,11,13H2,1-3H3,(H,23,24,27). The SMILES string of the molecule is CCCN(Cc1nc2cc(Cl)ccc2c(=O)[nH]1)C(=O)c1ccc(N(C)C)cc1. The van der Waals surface area contributed by atoms with Crippen molar-refractivity contribution < 1.29 is 4.79 Å². The van der Waals surface area contributed by atoms with Crippen molar-refractivity contribution in [2.45, 2.75) is 19.9 Å². The fourth-order valence-electron chi connectivity index (χ4n) is 3.02. The first-order valence-corrected chi connectivity index (χ1v) is 9.52. The lowest BCUT2D eigenvalue weighted by atomic mass is 10.1. The first-order chi connectivity index (χ1) is 13.4. The van der Waals surface area contributed by atoms with Crippen molar-refractivity contribution in [3.05, 3.63) is 69.2 Å². The third-order valence-electron chi connectivity index (χ3n) is 4.47. The molecule has 0 spiro atoms. The van der Waals surface area contributed by atoms with Gasteiger partial charge in [0.1, 0.15) is 5.82 Å². The first-order valence-electron chi connectivity index (χ1n) is 9.14. The molecule has 28 heavy (non-hydrogen) atoms. The van der Waals surface area contributed by atoms with E-state index in [9.17, 15) is 9.59 Å². The Labute approximate surface area is 168 Å². The molecule has 0 saturated carbocycles. The molecule has 0 radical (unpaired) electrons. The minimum Gasteiger partial charge on any atom is -0.378 e. The number of fused-ring (bicyclic) bond motifs is 1. The van der Waals surface area contributed by atoms with Gasteiger partial charge >= 0.3 is 0 Å². The van der Waals surface area contributed by atoms with Crippen LogP contribution < -0.4 is 10.5 Å². The predicted octanol–water partition coefficient (Wildman–Crippen LogP) is 3.69. The monoisotopic (exact) mass is 398 g/mol. The van der Waals surface area contributed by atoms with Crippen LogP contribution in [-0.2, 0) is 6.54 Å². The van der Waals surface area contributed by atoms with Gasteiger partial charge in [0.25, 0.3) is 11.5 Å². The lowest BCUT2D eigenvalue weighted by Gasteiger charge is -2.22. The van der Waals surface area contributed by atoms with E-state index in [1.54, 1.807) is 23.1 Å². The zero-order valence-electron chi connectivity index (χ0n) is 16.2. The van der Waals surface area contributed by atoms with Crippen molar-refractivity contribution in [3.8, 4) is 0 Å². The molecule has 0 unspecified atom stereocenters. The Morgan fingerprint density at radius 3 is 2.50 bits per heavy atom. The molecule has 3 aromatic rings. The zero-order valence-corrected chi connectivity index (χ0v) is 17.0. The van der Waals surface area contributed by atoms with E-state index in [4.69, 9.17) is 11.6 Å². The highest BCUT2D eigenvalue weighted by Crippen LogP contribution is 2.17. The van der Waals surface area contributed by atoms with Crippen LogP contribution in [-0.4, -0.2) is 41.4 Å². The Hall–Kier alpha value is -2.86. The third-order valence-corrected chi connectivity index (χ3v) is 4.70. The molecule has 1 aromatic heterocycles. The normalized spacial score (nSPS) is 10.9. The van der Waals surface area contributed by atoms with Crippen molar-refractivity contribution >= 4 is 34.1 Å². The lowest BCUT2D eigenvalue weighted by Crippen LogP contribution is -2.32. The molecule has 146 valence electrons. The Balaban J connectivity index is 1.89. The molecule has 0 saturated heterocycles. The molecule has 3 rings (SSSR count). The fourth-order valence-corrected chi connectivity index (χ4v) is 3.19. The highest BCUT2D eigenvalue weighted by atomic mass is 35.5. The van der Waals surface area contributed by atoms with Crippen LogP contribution in [0.15, 0.2) is 47.3 Å². The maximum Gasteiger partial charge on any atom is 0.258 e. The lowest BCUT2D eigenvalue weighted by molar-refractivity contribution is 0.0739. The Morgan fingerprint density at radius 2 is 1.86 bits per heavy atom. The van der Waals surface area contributed by atoms with Crippen LogP contribution in [0.1, 0.15) is 29.5 Å². The van der Waals surface area contributed by atoms with E-state index >= 15 is 0 Å². The number of anilines is 1. The molecule has 0 fully saturated rings. The maximum absolute atomic E-state index is 13.0. The van der Waals surface area contributed by atoms with Gasteiger partial charge in [-0.3, -0.25) is 9.59 Å². The van der Waals surface area contributed by atoms with E-state index in [1.807, 2.05) is 50.2 Å². The van der Waals surface area contributed by atoms with Gasteiger partial charge in [-0.25, -0.2) is 4.98 Å². The summed E-state index contributed by atoms with van der Waals surface area (Å²) in [6, 6.07) is 12.4. The fraction of sp³-hybridized carbons (Fsp3) is 0.286. The van der Waals surface area contributed by atoms with Crippen molar-refractivity contribution in [1.29, 1.82) is 0 Å². The molecule has 0 aliphatic rings. The Morgan fingerprint density at radius 1 is 1.14 bits per heavy atom. The van der Waals surface area contributed by atoms with E-state index in [1.165, 1.54) is 0 Å². The van der Waals surface area contributed by atoms with E-state index in [0.717, 1.165) is 12.1 Å². The number of hydrogen-bond acceptors (Lipinski definition) is 4. The van der Waals surface area contributed by atoms with Crippen molar-refractivity contribution in [2.24, 2.45) is 0 Å². The number of H-pyrrole nitrogens is 1. The van der Waals surface area contributed by atoms with Crippen LogP contribution in [0.5, 0.6) is 0 Å². The van der Waals surface area contributed by atoms with Gasteiger partial charge in [-0.05, 0) is 48.9 Å². The summed E-state index contributed by atoms with van der Waals surface area (Å²) < 4.78 is 0. The third kappa shape index (κ3) is 4.34. The number of carbonyl (C=O) groups excluding carboxylic acids is 1. The number of amides is 1. The van der Waals surface area contributed by atoms with Gasteiger partial charge in [0.05, 0.1) is 17.4 Å². The average molecular weight is 399 g/mol. The number of aromatic nitrogens is 2. The minimum absolute atomic E-state index is 0.0963. The van der Waals surface area contributed by atoms with Crippen molar-refractivity contribution in [3.63, 3.8) is 0 Å². The molecule has 6 nitrogen and oxygen atoms in total. The number of carbonyl (C=O) groups is 1. The minimum atomic E-state index is -0.240. The van der Waals surface area contributed by atoms with Crippen LogP contribution in [0.2, 0.25) is 5.02 Å². The van der Waals surface area contributed by atoms with Gasteiger partial charge in [0.2, 0.25) is 0 Å². The van der Waals surface area contributed by atoms with Crippen LogP contribution in [0, 0.1) is 0 Å². The van der Waals surface area contributed by atoms with E-state index in [-0.39, 0.29) is 18.0 Å². The summed E-state index contributed by atoms with van der Waals surface area (Å²) in [5.41, 5.74) is 1.91. The summed E-state index contributed by atoms with van der Waals surface area (Å²) >= 11 is 6.02. The number of rotatable bonds is 6. The van der Waals surface area contributed by atoms with E-state index in [0.29, 0.717) is 33.9 Å². The summed E-state index contributed by atoms with van der Waals surface area (Å²) in [6.45, 7) is 2.79. The molecule has 0 atom stereocenters. The molecule has 0 bridgehead atoms. The molecule has 1 amide bonds. The molecular formula is C21H23ClN4O2. The second kappa shape index (κ2) is 8.44. The van der Waals surface area contributed by atoms with Crippen LogP contribution in [0.3, 0.4) is 0 Å². The van der Waals surface area contributed by atoms with Crippen LogP contribution in [0.25, 0.3) is 10.9 Å². The molecule has 0 aliphatic carbocycles. The molecular weight excluding hydrogens is 376 g/mol. The largest absolute Gasteiger partial charge is 0.378 e. The highest BCUT2D eigenvalue weighted by Gasteiger charge is 2.17. The molecule has 1 heterocycles. The molecule has 0 aliphatic heterocycles. The maximum atomic E-state index is 13.0. The molecule has 2 aromatic carbocycles. The first kappa shape index (κ1) is 19.9. The quantitative estimate of drug-likeness (QED) is 0.687. The number of halogens is 1. The van der Waals surface area contributed by atoms with Gasteiger partial charge in [-0.15, -0.1) is 0 Å². The summed E-state index contributed by atoms with van der Waals surface area (Å²) in [4.78, 5) is 36.3. The van der Waals surface area contributed by atoms with Gasteiger partial charge in [-0.1, -0.05) is 18.5 Å². The van der Waals surface area contributed by atoms with E-state index < -0.39 is 0 Å². The smallest absolute Gasteiger partial charge is 0.258 e. The number of aromatic amines is 1. The Bertz CT molecular complexity index is 1040. The zero-order chi connectivity index (χ0) is 20.3. The van der Waals surface area contributed by atoms with Crippen LogP contribution in [0.4, 0.5) is 5.69 Å². The number of nitrogens with zero attached hydrogens (tertiary/aromatic N) is 3. The van der Waals surface area contributed by atoms with Gasteiger partial charge in [0, 0.05) is 36.9 Å². The van der Waals surface area contributed by atoms with Crippen molar-refractivity contribution in [2.75, 3.05) is 25.5 Å². The van der Waals surface area contributed by atoms with Gasteiger partial charge in [0.15, 0.2) is 0 Å². The van der Waals surface area contributed by atoms with Gasteiger partial charge < -0.3 is 14.8 Å². The van der Waals surface area contributed by atoms with Crippen molar-refractivity contribution in [1.82, 2.24) is 14.9 Å². The summed E-state index contributed by atoms with van der Waals surface area (Å²) in [6.07, 6.45) is 0.797. The molecule has 7 heteroatoms. The van der Waals surface area contributed by atoms with Crippen LogP contribution >= 0.6 is 11.6 Å². The summed E-state index contributed by atoms with van der Waals surface area (Å²) in [7, 11) is 3.91. The molecule has 1 N–H and O–H groups in total. The number of hydrogen-bond donors (Lipinski definition) is 1. The topological polar surface area (TPSA) is 69.3 Å². The summed E-state index contributed by atoms with van der Waals surface area (Å²) in [5, 5.41) is 0.986. The Kier molecular flexibility index (Phi) is 5.99. The average Bonchev–Trinajstić information content (AvgIpc) is 2.67. The van der Waals surface area contributed by atoms with Gasteiger partial charge in [-0.2, -0.15) is 0 Å². The second-order valence-corrected chi connectivity index (χ2v) is 7.28. The number of nitrogens with one attached hydrogen (secondary N) is 1. The predicted molar refractivity (Wildman–Crippen MR) is 113 cm³/mol. The summed E-state index contributed by atoms with van der Waals surface area (Å²) in [5.74, 6) is 0.340. The second-order valence-electron chi connectivity index (χ2n) is 6.84. The highest BCUT2D eigenvalue weighted by molar-refractivity contribution is 6.31. The number of benzene rings is 2.